The van der Waals surface area contributed by atoms with E-state index in [-0.39, 0.29) is 17.8 Å². The second-order valence-corrected chi connectivity index (χ2v) is 5.13. The summed E-state index contributed by atoms with van der Waals surface area (Å²) in [6.07, 6.45) is 1.30. The van der Waals surface area contributed by atoms with Crippen molar-refractivity contribution >= 4 is 0 Å². The van der Waals surface area contributed by atoms with Crippen LogP contribution in [0.5, 0.6) is 0 Å². The number of rotatable bonds is 2. The molecule has 1 aliphatic rings. The highest BCUT2D eigenvalue weighted by Gasteiger charge is 2.29. The van der Waals surface area contributed by atoms with E-state index in [2.05, 4.69) is 6.07 Å². The highest BCUT2D eigenvalue weighted by Crippen LogP contribution is 2.36. The van der Waals surface area contributed by atoms with Crippen LogP contribution >= 0.6 is 0 Å². The van der Waals surface area contributed by atoms with Gasteiger partial charge in [0.05, 0.1) is 0 Å². The summed E-state index contributed by atoms with van der Waals surface area (Å²) in [7, 11) is 0. The van der Waals surface area contributed by atoms with Gasteiger partial charge in [0.25, 0.3) is 0 Å². The lowest BCUT2D eigenvalue weighted by Gasteiger charge is -2.16. The van der Waals surface area contributed by atoms with Gasteiger partial charge in [-0.3, -0.25) is 0 Å². The molecule has 3 heteroatoms. The number of benzene rings is 2. The fourth-order valence-electron chi connectivity index (χ4n) is 2.89. The molecule has 0 spiro atoms. The molecular weight excluding hydrogens is 244 g/mol. The zero-order chi connectivity index (χ0) is 13.4. The molecule has 0 radical (unpaired) electrons. The lowest BCUT2D eigenvalue weighted by molar-refractivity contribution is 0.452. The van der Waals surface area contributed by atoms with Gasteiger partial charge < -0.3 is 5.73 Å². The number of hydrogen-bond acceptors (Lipinski definition) is 1. The third-order valence-corrected chi connectivity index (χ3v) is 3.89. The molecule has 2 N–H and O–H groups in total. The van der Waals surface area contributed by atoms with Gasteiger partial charge in [-0.1, -0.05) is 24.3 Å². The molecule has 0 bridgehead atoms. The molecule has 3 rings (SSSR count). The summed E-state index contributed by atoms with van der Waals surface area (Å²) >= 11 is 0. The van der Waals surface area contributed by atoms with Crippen LogP contribution in [0.25, 0.3) is 0 Å². The van der Waals surface area contributed by atoms with E-state index < -0.39 is 5.82 Å². The number of nitrogens with two attached hydrogens (primary N) is 1. The Morgan fingerprint density at radius 2 is 1.89 bits per heavy atom. The van der Waals surface area contributed by atoms with Crippen LogP contribution in [0.15, 0.2) is 42.5 Å². The average Bonchev–Trinajstić information content (AvgIpc) is 2.72. The van der Waals surface area contributed by atoms with Crippen molar-refractivity contribution < 1.29 is 8.78 Å². The molecule has 2 aromatic rings. The fraction of sp³-hybridized carbons (Fsp3) is 0.250. The maximum atomic E-state index is 13.7. The predicted molar refractivity (Wildman–Crippen MR) is 70.6 cm³/mol. The summed E-state index contributed by atoms with van der Waals surface area (Å²) in [6, 6.07) is 11.5. The molecule has 0 amide bonds. The van der Waals surface area contributed by atoms with Crippen molar-refractivity contribution in [3.05, 3.63) is 70.8 Å². The van der Waals surface area contributed by atoms with E-state index in [1.165, 1.54) is 17.7 Å². The van der Waals surface area contributed by atoms with Crippen LogP contribution in [0.3, 0.4) is 0 Å². The Morgan fingerprint density at radius 1 is 1.11 bits per heavy atom. The molecule has 2 aromatic carbocycles. The quantitative estimate of drug-likeness (QED) is 0.879. The van der Waals surface area contributed by atoms with Gasteiger partial charge in [-0.15, -0.1) is 0 Å². The van der Waals surface area contributed by atoms with Gasteiger partial charge in [0.1, 0.15) is 11.6 Å². The molecule has 0 fully saturated rings. The molecule has 0 heterocycles. The summed E-state index contributed by atoms with van der Waals surface area (Å²) in [5, 5.41) is 0. The Labute approximate surface area is 111 Å². The first-order valence-corrected chi connectivity index (χ1v) is 6.42. The molecule has 2 atom stereocenters. The van der Waals surface area contributed by atoms with Gasteiger partial charge in [-0.25, -0.2) is 8.78 Å². The van der Waals surface area contributed by atoms with E-state index in [1.807, 2.05) is 18.2 Å². The normalized spacial score (nSPS) is 21.4. The topological polar surface area (TPSA) is 26.0 Å². The average molecular weight is 259 g/mol. The smallest absolute Gasteiger partial charge is 0.126 e. The number of fused-ring (bicyclic) bond motifs is 1. The standard InChI is InChI=1S/C16H15F2N/c17-13-5-6-15(18)11(9-13)8-12-7-10-3-1-2-4-14(10)16(12)19/h1-6,9,12,16H,7-8,19H2. The minimum Gasteiger partial charge on any atom is -0.324 e. The summed E-state index contributed by atoms with van der Waals surface area (Å²) in [5.41, 5.74) is 8.97. The van der Waals surface area contributed by atoms with Crippen molar-refractivity contribution in [2.24, 2.45) is 11.7 Å². The first-order chi connectivity index (χ1) is 9.15. The van der Waals surface area contributed by atoms with Crippen LogP contribution in [-0.4, -0.2) is 0 Å². The second kappa shape index (κ2) is 4.74. The van der Waals surface area contributed by atoms with Crippen LogP contribution in [0.4, 0.5) is 8.78 Å². The molecule has 98 valence electrons. The van der Waals surface area contributed by atoms with Gasteiger partial charge in [-0.05, 0) is 53.6 Å². The zero-order valence-corrected chi connectivity index (χ0v) is 10.4. The van der Waals surface area contributed by atoms with Crippen molar-refractivity contribution in [3.8, 4) is 0 Å². The van der Waals surface area contributed by atoms with Crippen LogP contribution < -0.4 is 5.73 Å². The van der Waals surface area contributed by atoms with Crippen molar-refractivity contribution in [1.82, 2.24) is 0 Å². The van der Waals surface area contributed by atoms with Gasteiger partial charge >= 0.3 is 0 Å². The molecule has 0 saturated carbocycles. The summed E-state index contributed by atoms with van der Waals surface area (Å²) < 4.78 is 26.9. The fourth-order valence-corrected chi connectivity index (χ4v) is 2.89. The van der Waals surface area contributed by atoms with Crippen molar-refractivity contribution in [2.45, 2.75) is 18.9 Å². The largest absolute Gasteiger partial charge is 0.324 e. The van der Waals surface area contributed by atoms with Crippen molar-refractivity contribution in [3.63, 3.8) is 0 Å². The SMILES string of the molecule is NC1c2ccccc2CC1Cc1cc(F)ccc1F. The Morgan fingerprint density at radius 3 is 2.68 bits per heavy atom. The van der Waals surface area contributed by atoms with Crippen LogP contribution in [0, 0.1) is 17.6 Å². The van der Waals surface area contributed by atoms with E-state index in [9.17, 15) is 8.78 Å². The summed E-state index contributed by atoms with van der Waals surface area (Å²) in [6.45, 7) is 0. The first kappa shape index (κ1) is 12.3. The Kier molecular flexibility index (Phi) is 3.07. The van der Waals surface area contributed by atoms with Crippen molar-refractivity contribution in [2.75, 3.05) is 0 Å². The van der Waals surface area contributed by atoms with E-state index in [1.54, 1.807) is 0 Å². The molecule has 19 heavy (non-hydrogen) atoms. The van der Waals surface area contributed by atoms with Crippen LogP contribution in [0.1, 0.15) is 22.7 Å². The van der Waals surface area contributed by atoms with Gasteiger partial charge in [0.2, 0.25) is 0 Å². The molecule has 0 aliphatic heterocycles. The molecule has 0 saturated heterocycles. The van der Waals surface area contributed by atoms with E-state index in [0.717, 1.165) is 18.1 Å². The minimum atomic E-state index is -0.402. The summed E-state index contributed by atoms with van der Waals surface area (Å²) in [4.78, 5) is 0. The molecule has 2 unspecified atom stereocenters. The van der Waals surface area contributed by atoms with Crippen LogP contribution in [0.2, 0.25) is 0 Å². The lowest BCUT2D eigenvalue weighted by Crippen LogP contribution is -2.19. The zero-order valence-electron chi connectivity index (χ0n) is 10.4. The van der Waals surface area contributed by atoms with E-state index in [0.29, 0.717) is 12.0 Å². The number of hydrogen-bond donors (Lipinski definition) is 1. The van der Waals surface area contributed by atoms with Gasteiger partial charge in [-0.2, -0.15) is 0 Å². The van der Waals surface area contributed by atoms with E-state index in [4.69, 9.17) is 5.73 Å². The number of halogens is 2. The Hall–Kier alpha value is -1.74. The maximum absolute atomic E-state index is 13.7. The molecular formula is C16H15F2N. The van der Waals surface area contributed by atoms with Gasteiger partial charge in [0, 0.05) is 6.04 Å². The predicted octanol–water partition coefficient (Wildman–Crippen LogP) is 3.38. The highest BCUT2D eigenvalue weighted by molar-refractivity contribution is 5.36. The first-order valence-electron chi connectivity index (χ1n) is 6.42. The third kappa shape index (κ3) is 2.26. The minimum absolute atomic E-state index is 0.0983. The van der Waals surface area contributed by atoms with Crippen molar-refractivity contribution in [1.29, 1.82) is 0 Å². The Balaban J connectivity index is 1.85. The lowest BCUT2D eigenvalue weighted by atomic mass is 9.93. The molecule has 0 aromatic heterocycles. The maximum Gasteiger partial charge on any atom is 0.126 e. The third-order valence-electron chi connectivity index (χ3n) is 3.89. The highest BCUT2D eigenvalue weighted by atomic mass is 19.1. The molecule has 1 aliphatic carbocycles. The Bertz CT molecular complexity index is 609. The second-order valence-electron chi connectivity index (χ2n) is 5.13. The monoisotopic (exact) mass is 259 g/mol. The van der Waals surface area contributed by atoms with Gasteiger partial charge in [0.15, 0.2) is 0 Å². The molecule has 1 nitrogen and oxygen atoms in total. The summed E-state index contributed by atoms with van der Waals surface area (Å²) in [5.74, 6) is -0.626. The van der Waals surface area contributed by atoms with Crippen LogP contribution in [-0.2, 0) is 12.8 Å². The van der Waals surface area contributed by atoms with E-state index >= 15 is 0 Å².